The molecule has 0 saturated heterocycles. The Morgan fingerprint density at radius 3 is 2.45 bits per heavy atom. The van der Waals surface area contributed by atoms with E-state index in [-0.39, 0.29) is 23.0 Å². The lowest BCUT2D eigenvalue weighted by molar-refractivity contribution is 0.0926. The van der Waals surface area contributed by atoms with Crippen molar-refractivity contribution < 1.29 is 14.0 Å². The summed E-state index contributed by atoms with van der Waals surface area (Å²) in [5, 5.41) is 5.91. The van der Waals surface area contributed by atoms with E-state index < -0.39 is 0 Å². The quantitative estimate of drug-likeness (QED) is 0.643. The summed E-state index contributed by atoms with van der Waals surface area (Å²) in [6.07, 6.45) is 4.79. The van der Waals surface area contributed by atoms with Crippen LogP contribution < -0.4 is 10.6 Å². The SMILES string of the molecule is Cc1ccc(C(=O)NCC2(c3ccccc3)CCC2)cc1NC(=O)c1ccco1. The number of benzene rings is 2. The van der Waals surface area contributed by atoms with Crippen LogP contribution in [0.25, 0.3) is 0 Å². The van der Waals surface area contributed by atoms with E-state index in [1.807, 2.05) is 31.2 Å². The summed E-state index contributed by atoms with van der Waals surface area (Å²) in [6.45, 7) is 2.50. The van der Waals surface area contributed by atoms with Crippen LogP contribution in [0.2, 0.25) is 0 Å². The van der Waals surface area contributed by atoms with E-state index in [0.29, 0.717) is 17.8 Å². The first-order valence-electron chi connectivity index (χ1n) is 9.87. The molecule has 2 aromatic carbocycles. The van der Waals surface area contributed by atoms with E-state index in [1.165, 1.54) is 18.2 Å². The third kappa shape index (κ3) is 3.94. The van der Waals surface area contributed by atoms with Crippen molar-refractivity contribution in [2.75, 3.05) is 11.9 Å². The van der Waals surface area contributed by atoms with Gasteiger partial charge in [-0.1, -0.05) is 42.8 Å². The standard InChI is InChI=1S/C24H24N2O3/c1-17-10-11-18(15-20(17)26-23(28)21-9-5-14-29-21)22(27)25-16-24(12-6-13-24)19-7-3-2-4-8-19/h2-5,7-11,14-15H,6,12-13,16H2,1H3,(H,25,27)(H,26,28). The summed E-state index contributed by atoms with van der Waals surface area (Å²) < 4.78 is 5.13. The van der Waals surface area contributed by atoms with Crippen LogP contribution in [-0.4, -0.2) is 18.4 Å². The highest BCUT2D eigenvalue weighted by molar-refractivity contribution is 6.03. The highest BCUT2D eigenvalue weighted by Gasteiger charge is 2.38. The molecule has 3 aromatic rings. The Bertz CT molecular complexity index is 1010. The van der Waals surface area contributed by atoms with Gasteiger partial charge in [-0.3, -0.25) is 9.59 Å². The van der Waals surface area contributed by atoms with E-state index in [4.69, 9.17) is 4.42 Å². The molecule has 148 valence electrons. The molecule has 5 heteroatoms. The summed E-state index contributed by atoms with van der Waals surface area (Å²) in [6, 6.07) is 19.0. The highest BCUT2D eigenvalue weighted by atomic mass is 16.3. The zero-order valence-electron chi connectivity index (χ0n) is 16.4. The topological polar surface area (TPSA) is 71.3 Å². The molecule has 1 saturated carbocycles. The third-order valence-electron chi connectivity index (χ3n) is 5.78. The average molecular weight is 388 g/mol. The average Bonchev–Trinajstić information content (AvgIpc) is 3.24. The second-order valence-corrected chi connectivity index (χ2v) is 7.64. The molecule has 1 aliphatic carbocycles. The molecule has 1 aromatic heterocycles. The summed E-state index contributed by atoms with van der Waals surface area (Å²) in [4.78, 5) is 25.1. The van der Waals surface area contributed by atoms with Crippen molar-refractivity contribution in [3.05, 3.63) is 89.4 Å². The van der Waals surface area contributed by atoms with Gasteiger partial charge in [-0.05, 0) is 55.2 Å². The molecule has 0 radical (unpaired) electrons. The maximum Gasteiger partial charge on any atom is 0.291 e. The van der Waals surface area contributed by atoms with Crippen LogP contribution in [0.5, 0.6) is 0 Å². The molecule has 4 rings (SSSR count). The molecule has 1 aliphatic rings. The van der Waals surface area contributed by atoms with Crippen molar-refractivity contribution >= 4 is 17.5 Å². The maximum absolute atomic E-state index is 12.8. The van der Waals surface area contributed by atoms with Gasteiger partial charge in [0, 0.05) is 23.2 Å². The summed E-state index contributed by atoms with van der Waals surface area (Å²) in [5.74, 6) is -0.247. The molecule has 2 N–H and O–H groups in total. The first-order chi connectivity index (χ1) is 14.1. The zero-order valence-corrected chi connectivity index (χ0v) is 16.4. The van der Waals surface area contributed by atoms with Gasteiger partial charge in [0.25, 0.3) is 11.8 Å². The minimum absolute atomic E-state index is 0.0257. The second-order valence-electron chi connectivity index (χ2n) is 7.64. The minimum Gasteiger partial charge on any atom is -0.459 e. The smallest absolute Gasteiger partial charge is 0.291 e. The van der Waals surface area contributed by atoms with Gasteiger partial charge in [0.1, 0.15) is 0 Å². The van der Waals surface area contributed by atoms with Gasteiger partial charge in [-0.2, -0.15) is 0 Å². The van der Waals surface area contributed by atoms with Gasteiger partial charge in [-0.15, -0.1) is 0 Å². The van der Waals surface area contributed by atoms with Gasteiger partial charge < -0.3 is 15.1 Å². The Kier molecular flexibility index (Phi) is 5.21. The minimum atomic E-state index is -0.340. The first kappa shape index (κ1) is 19.0. The maximum atomic E-state index is 12.8. The van der Waals surface area contributed by atoms with Gasteiger partial charge in [0.2, 0.25) is 0 Å². The van der Waals surface area contributed by atoms with Crippen molar-refractivity contribution in [1.82, 2.24) is 5.32 Å². The Morgan fingerprint density at radius 2 is 1.79 bits per heavy atom. The third-order valence-corrected chi connectivity index (χ3v) is 5.78. The Labute approximate surface area is 170 Å². The fourth-order valence-electron chi connectivity index (χ4n) is 3.80. The molecule has 0 atom stereocenters. The van der Waals surface area contributed by atoms with Crippen LogP contribution >= 0.6 is 0 Å². The molecule has 0 spiro atoms. The van der Waals surface area contributed by atoms with E-state index in [2.05, 4.69) is 22.8 Å². The van der Waals surface area contributed by atoms with Crippen LogP contribution in [0.15, 0.2) is 71.3 Å². The lowest BCUT2D eigenvalue weighted by Crippen LogP contribution is -2.45. The van der Waals surface area contributed by atoms with E-state index in [9.17, 15) is 9.59 Å². The fourth-order valence-corrected chi connectivity index (χ4v) is 3.80. The molecule has 5 nitrogen and oxygen atoms in total. The first-order valence-corrected chi connectivity index (χ1v) is 9.87. The lowest BCUT2D eigenvalue weighted by Gasteiger charge is -2.42. The van der Waals surface area contributed by atoms with E-state index in [1.54, 1.807) is 24.3 Å². The number of hydrogen-bond donors (Lipinski definition) is 2. The van der Waals surface area contributed by atoms with Crippen LogP contribution in [0, 0.1) is 6.92 Å². The Morgan fingerprint density at radius 1 is 1.00 bits per heavy atom. The highest BCUT2D eigenvalue weighted by Crippen LogP contribution is 2.43. The molecular formula is C24H24N2O3. The van der Waals surface area contributed by atoms with Gasteiger partial charge in [0.15, 0.2) is 5.76 Å². The number of hydrogen-bond acceptors (Lipinski definition) is 3. The summed E-state index contributed by atoms with van der Waals surface area (Å²) >= 11 is 0. The number of nitrogens with one attached hydrogen (secondary N) is 2. The number of carbonyl (C=O) groups is 2. The number of carbonyl (C=O) groups excluding carboxylic acids is 2. The molecule has 2 amide bonds. The molecule has 0 bridgehead atoms. The molecular weight excluding hydrogens is 364 g/mol. The number of amides is 2. The van der Waals surface area contributed by atoms with Gasteiger partial charge in [0.05, 0.1) is 6.26 Å². The monoisotopic (exact) mass is 388 g/mol. The molecule has 29 heavy (non-hydrogen) atoms. The van der Waals surface area contributed by atoms with Crippen molar-refractivity contribution in [3.63, 3.8) is 0 Å². The normalized spacial score (nSPS) is 14.7. The zero-order chi connectivity index (χ0) is 20.3. The number of furan rings is 1. The predicted molar refractivity (Wildman–Crippen MR) is 112 cm³/mol. The van der Waals surface area contributed by atoms with Crippen LogP contribution in [-0.2, 0) is 5.41 Å². The van der Waals surface area contributed by atoms with Crippen molar-refractivity contribution in [2.24, 2.45) is 0 Å². The lowest BCUT2D eigenvalue weighted by atomic mass is 9.64. The summed E-state index contributed by atoms with van der Waals surface area (Å²) in [7, 11) is 0. The van der Waals surface area contributed by atoms with E-state index in [0.717, 1.165) is 18.4 Å². The molecule has 1 fully saturated rings. The van der Waals surface area contributed by atoms with Crippen molar-refractivity contribution in [2.45, 2.75) is 31.6 Å². The number of anilines is 1. The van der Waals surface area contributed by atoms with Gasteiger partial charge >= 0.3 is 0 Å². The number of aryl methyl sites for hydroxylation is 1. The van der Waals surface area contributed by atoms with Crippen molar-refractivity contribution in [3.8, 4) is 0 Å². The van der Waals surface area contributed by atoms with E-state index >= 15 is 0 Å². The largest absolute Gasteiger partial charge is 0.459 e. The van der Waals surface area contributed by atoms with Crippen LogP contribution in [0.1, 0.15) is 51.3 Å². The van der Waals surface area contributed by atoms with Crippen LogP contribution in [0.3, 0.4) is 0 Å². The van der Waals surface area contributed by atoms with Crippen molar-refractivity contribution in [1.29, 1.82) is 0 Å². The molecule has 0 unspecified atom stereocenters. The molecule has 0 aliphatic heterocycles. The second kappa shape index (κ2) is 7.95. The predicted octanol–water partition coefficient (Wildman–Crippen LogP) is 4.69. The fraction of sp³-hybridized carbons (Fsp3) is 0.250. The van der Waals surface area contributed by atoms with Gasteiger partial charge in [-0.25, -0.2) is 0 Å². The molecule has 1 heterocycles. The Hall–Kier alpha value is -3.34. The van der Waals surface area contributed by atoms with Crippen LogP contribution in [0.4, 0.5) is 5.69 Å². The number of rotatable bonds is 6. The Balaban J connectivity index is 1.46. The summed E-state index contributed by atoms with van der Waals surface area (Å²) in [5.41, 5.74) is 3.30.